The fourth-order valence-electron chi connectivity index (χ4n) is 1.63. The van der Waals surface area contributed by atoms with Crippen molar-refractivity contribution in [3.63, 3.8) is 0 Å². The summed E-state index contributed by atoms with van der Waals surface area (Å²) in [6.45, 7) is 1.35. The molecule has 0 saturated heterocycles. The van der Waals surface area contributed by atoms with Crippen LogP contribution in [-0.4, -0.2) is 20.5 Å². The molecule has 1 aromatic carbocycles. The Labute approximate surface area is 112 Å². The molecule has 1 aromatic rings. The molecule has 2 N–H and O–H groups in total. The maximum Gasteiger partial charge on any atom is 0.189 e. The molecule has 1 fully saturated rings. The summed E-state index contributed by atoms with van der Waals surface area (Å²) in [6.07, 6.45) is 2.52. The van der Waals surface area contributed by atoms with Crippen molar-refractivity contribution in [2.45, 2.75) is 19.4 Å². The van der Waals surface area contributed by atoms with Crippen molar-refractivity contribution >= 4 is 11.6 Å². The SMILES string of the molecule is COc1cc(CN)cc(Cl)c1OCOCC1CC1. The monoisotopic (exact) mass is 271 g/mol. The first-order valence-electron chi connectivity index (χ1n) is 6.01. The zero-order valence-electron chi connectivity index (χ0n) is 10.4. The highest BCUT2D eigenvalue weighted by atomic mass is 35.5. The molecule has 0 aromatic heterocycles. The maximum atomic E-state index is 6.13. The molecule has 0 atom stereocenters. The van der Waals surface area contributed by atoms with Crippen LogP contribution < -0.4 is 15.2 Å². The van der Waals surface area contributed by atoms with Gasteiger partial charge >= 0.3 is 0 Å². The Morgan fingerprint density at radius 1 is 1.39 bits per heavy atom. The van der Waals surface area contributed by atoms with Gasteiger partial charge in [-0.3, -0.25) is 0 Å². The van der Waals surface area contributed by atoms with Gasteiger partial charge in [-0.05, 0) is 36.5 Å². The van der Waals surface area contributed by atoms with E-state index in [9.17, 15) is 0 Å². The van der Waals surface area contributed by atoms with Crippen molar-refractivity contribution in [1.82, 2.24) is 0 Å². The minimum absolute atomic E-state index is 0.189. The van der Waals surface area contributed by atoms with Crippen LogP contribution in [0.15, 0.2) is 12.1 Å². The average Bonchev–Trinajstić information content (AvgIpc) is 3.19. The number of methoxy groups -OCH3 is 1. The summed E-state index contributed by atoms with van der Waals surface area (Å²) in [6, 6.07) is 3.60. The van der Waals surface area contributed by atoms with E-state index in [1.165, 1.54) is 12.8 Å². The van der Waals surface area contributed by atoms with Gasteiger partial charge < -0.3 is 19.9 Å². The normalized spacial score (nSPS) is 14.6. The Morgan fingerprint density at radius 2 is 2.17 bits per heavy atom. The minimum Gasteiger partial charge on any atom is -0.493 e. The summed E-state index contributed by atoms with van der Waals surface area (Å²) >= 11 is 6.13. The lowest BCUT2D eigenvalue weighted by atomic mass is 10.2. The molecule has 0 spiro atoms. The summed E-state index contributed by atoms with van der Waals surface area (Å²) in [7, 11) is 1.57. The highest BCUT2D eigenvalue weighted by molar-refractivity contribution is 6.32. The smallest absolute Gasteiger partial charge is 0.189 e. The second-order valence-electron chi connectivity index (χ2n) is 4.39. The van der Waals surface area contributed by atoms with Gasteiger partial charge in [-0.2, -0.15) is 0 Å². The highest BCUT2D eigenvalue weighted by Crippen LogP contribution is 2.36. The average molecular weight is 272 g/mol. The Kier molecular flexibility index (Phi) is 4.69. The predicted octanol–water partition coefficient (Wildman–Crippen LogP) is 2.57. The summed E-state index contributed by atoms with van der Waals surface area (Å²) < 4.78 is 16.2. The van der Waals surface area contributed by atoms with Crippen LogP contribution in [0.5, 0.6) is 11.5 Å². The van der Waals surface area contributed by atoms with Crippen molar-refractivity contribution in [3.8, 4) is 11.5 Å². The molecule has 1 aliphatic carbocycles. The van der Waals surface area contributed by atoms with Crippen LogP contribution in [-0.2, 0) is 11.3 Å². The number of halogens is 1. The Bertz CT molecular complexity index is 407. The van der Waals surface area contributed by atoms with E-state index in [4.69, 9.17) is 31.5 Å². The minimum atomic E-state index is 0.189. The number of hydrogen-bond acceptors (Lipinski definition) is 4. The van der Waals surface area contributed by atoms with Gasteiger partial charge in [-0.1, -0.05) is 11.6 Å². The van der Waals surface area contributed by atoms with E-state index < -0.39 is 0 Å². The van der Waals surface area contributed by atoms with Gasteiger partial charge in [0.1, 0.15) is 0 Å². The summed E-state index contributed by atoms with van der Waals surface area (Å²) in [4.78, 5) is 0. The quantitative estimate of drug-likeness (QED) is 0.612. The lowest BCUT2D eigenvalue weighted by Gasteiger charge is -2.13. The molecule has 0 radical (unpaired) electrons. The molecule has 0 amide bonds. The van der Waals surface area contributed by atoms with Gasteiger partial charge in [-0.25, -0.2) is 0 Å². The molecular weight excluding hydrogens is 254 g/mol. The van der Waals surface area contributed by atoms with Gasteiger partial charge in [0, 0.05) is 6.54 Å². The van der Waals surface area contributed by atoms with Gasteiger partial charge in [0.25, 0.3) is 0 Å². The van der Waals surface area contributed by atoms with Crippen molar-refractivity contribution in [2.24, 2.45) is 11.7 Å². The lowest BCUT2D eigenvalue weighted by Crippen LogP contribution is -2.07. The standard InChI is InChI=1S/C13H18ClNO3/c1-16-12-5-10(6-15)4-11(14)13(12)18-8-17-7-9-2-3-9/h4-5,9H,2-3,6-8,15H2,1H3. The molecular formula is C13H18ClNO3. The summed E-state index contributed by atoms with van der Waals surface area (Å²) in [5, 5.41) is 0.491. The molecule has 18 heavy (non-hydrogen) atoms. The van der Waals surface area contributed by atoms with E-state index in [1.807, 2.05) is 6.07 Å². The largest absolute Gasteiger partial charge is 0.493 e. The van der Waals surface area contributed by atoms with Crippen LogP contribution in [0.1, 0.15) is 18.4 Å². The van der Waals surface area contributed by atoms with Crippen LogP contribution in [0, 0.1) is 5.92 Å². The summed E-state index contributed by atoms with van der Waals surface area (Å²) in [5.74, 6) is 1.80. The van der Waals surface area contributed by atoms with Crippen LogP contribution in [0.25, 0.3) is 0 Å². The zero-order valence-corrected chi connectivity index (χ0v) is 11.2. The van der Waals surface area contributed by atoms with Crippen molar-refractivity contribution in [3.05, 3.63) is 22.7 Å². The molecule has 5 heteroatoms. The third-order valence-electron chi connectivity index (χ3n) is 2.86. The third-order valence-corrected chi connectivity index (χ3v) is 3.14. The number of nitrogens with two attached hydrogens (primary N) is 1. The second kappa shape index (κ2) is 6.27. The van der Waals surface area contributed by atoms with Crippen LogP contribution in [0.2, 0.25) is 5.02 Å². The molecule has 1 aliphatic rings. The Balaban J connectivity index is 1.96. The molecule has 100 valence electrons. The fourth-order valence-corrected chi connectivity index (χ4v) is 1.92. The van der Waals surface area contributed by atoms with E-state index in [2.05, 4.69) is 0 Å². The first kappa shape index (κ1) is 13.5. The van der Waals surface area contributed by atoms with E-state index >= 15 is 0 Å². The lowest BCUT2D eigenvalue weighted by molar-refractivity contribution is 0.00870. The number of hydrogen-bond donors (Lipinski definition) is 1. The Morgan fingerprint density at radius 3 is 2.78 bits per heavy atom. The molecule has 0 unspecified atom stereocenters. The van der Waals surface area contributed by atoms with E-state index in [0.29, 0.717) is 29.0 Å². The van der Waals surface area contributed by atoms with Crippen molar-refractivity contribution < 1.29 is 14.2 Å². The number of ether oxygens (including phenoxy) is 3. The number of rotatable bonds is 7. The topological polar surface area (TPSA) is 53.7 Å². The number of benzene rings is 1. The van der Waals surface area contributed by atoms with Gasteiger partial charge in [0.15, 0.2) is 18.3 Å². The third kappa shape index (κ3) is 3.51. The van der Waals surface area contributed by atoms with Crippen LogP contribution >= 0.6 is 11.6 Å². The van der Waals surface area contributed by atoms with E-state index in [0.717, 1.165) is 12.2 Å². The maximum absolute atomic E-state index is 6.13. The van der Waals surface area contributed by atoms with Crippen molar-refractivity contribution in [2.75, 3.05) is 20.5 Å². The second-order valence-corrected chi connectivity index (χ2v) is 4.80. The molecule has 0 heterocycles. The molecule has 4 nitrogen and oxygen atoms in total. The zero-order chi connectivity index (χ0) is 13.0. The fraction of sp³-hybridized carbons (Fsp3) is 0.538. The first-order valence-corrected chi connectivity index (χ1v) is 6.39. The van der Waals surface area contributed by atoms with Gasteiger partial charge in [-0.15, -0.1) is 0 Å². The van der Waals surface area contributed by atoms with Crippen molar-refractivity contribution in [1.29, 1.82) is 0 Å². The molecule has 1 saturated carbocycles. The van der Waals surface area contributed by atoms with Crippen LogP contribution in [0.3, 0.4) is 0 Å². The van der Waals surface area contributed by atoms with Gasteiger partial charge in [0.2, 0.25) is 0 Å². The van der Waals surface area contributed by atoms with Gasteiger partial charge in [0.05, 0.1) is 18.7 Å². The highest BCUT2D eigenvalue weighted by Gasteiger charge is 2.21. The molecule has 0 bridgehead atoms. The van der Waals surface area contributed by atoms with Crippen LogP contribution in [0.4, 0.5) is 0 Å². The van der Waals surface area contributed by atoms with E-state index in [-0.39, 0.29) is 6.79 Å². The molecule has 2 rings (SSSR count). The molecule has 0 aliphatic heterocycles. The Hall–Kier alpha value is -0.970. The predicted molar refractivity (Wildman–Crippen MR) is 70.1 cm³/mol. The first-order chi connectivity index (χ1) is 8.74. The summed E-state index contributed by atoms with van der Waals surface area (Å²) in [5.41, 5.74) is 6.48. The van der Waals surface area contributed by atoms with E-state index in [1.54, 1.807) is 13.2 Å².